The van der Waals surface area contributed by atoms with Gasteiger partial charge in [-0.15, -0.1) is 0 Å². The topological polar surface area (TPSA) is 41.3 Å². The van der Waals surface area contributed by atoms with Crippen molar-refractivity contribution in [2.24, 2.45) is 5.84 Å². The second kappa shape index (κ2) is 14.4. The maximum absolute atomic E-state index is 5.67. The first-order chi connectivity index (χ1) is 6.31. The largest absolute Gasteiger partial charge is 0.303 e. The van der Waals surface area contributed by atoms with E-state index in [0.29, 0.717) is 0 Å². The van der Waals surface area contributed by atoms with Crippen LogP contribution < -0.4 is 11.2 Å². The molecular formula is C10H27N3. The molecule has 13 heavy (non-hydrogen) atoms. The monoisotopic (exact) mass is 189 g/mol. The van der Waals surface area contributed by atoms with Crippen LogP contribution in [-0.2, 0) is 0 Å². The zero-order valence-corrected chi connectivity index (χ0v) is 9.77. The molecule has 3 N–H and O–H groups in total. The van der Waals surface area contributed by atoms with Crippen molar-refractivity contribution in [3.05, 3.63) is 0 Å². The Hall–Kier alpha value is -0.120. The summed E-state index contributed by atoms with van der Waals surface area (Å²) >= 11 is 0. The van der Waals surface area contributed by atoms with Crippen LogP contribution in [0.4, 0.5) is 0 Å². The number of hydrazine groups is 1. The summed E-state index contributed by atoms with van der Waals surface area (Å²) in [6.07, 6.45) is 3.56. The second-order valence-corrected chi connectivity index (χ2v) is 2.82. The Morgan fingerprint density at radius 2 is 1.77 bits per heavy atom. The van der Waals surface area contributed by atoms with E-state index in [4.69, 9.17) is 5.84 Å². The van der Waals surface area contributed by atoms with Gasteiger partial charge >= 0.3 is 0 Å². The number of nitrogens with two attached hydrogens (primary N) is 1. The molecule has 0 saturated heterocycles. The fraction of sp³-hybridized carbons (Fsp3) is 1.00. The van der Waals surface area contributed by atoms with Crippen molar-refractivity contribution in [1.82, 2.24) is 10.3 Å². The molecule has 0 aromatic rings. The molecule has 0 fully saturated rings. The molecule has 3 nitrogen and oxygen atoms in total. The molecule has 3 heteroatoms. The molecule has 0 aromatic heterocycles. The third-order valence-corrected chi connectivity index (χ3v) is 1.54. The molecular weight excluding hydrogens is 162 g/mol. The smallest absolute Gasteiger partial charge is 0.0618 e. The zero-order chi connectivity index (χ0) is 10.5. The van der Waals surface area contributed by atoms with Gasteiger partial charge in [-0.05, 0) is 19.4 Å². The van der Waals surface area contributed by atoms with E-state index in [1.165, 1.54) is 19.3 Å². The first-order valence-corrected chi connectivity index (χ1v) is 5.51. The molecule has 0 radical (unpaired) electrons. The highest BCUT2D eigenvalue weighted by molar-refractivity contribution is 4.47. The molecule has 0 rings (SSSR count). The number of unbranched alkanes of at least 4 members (excludes halogenated alkanes) is 1. The Balaban J connectivity index is 0. The van der Waals surface area contributed by atoms with Gasteiger partial charge in [0.1, 0.15) is 0 Å². The van der Waals surface area contributed by atoms with Crippen molar-refractivity contribution >= 4 is 0 Å². The summed E-state index contributed by atoms with van der Waals surface area (Å²) in [6, 6.07) is 0. The lowest BCUT2D eigenvalue weighted by atomic mass is 10.3. The minimum atomic E-state index is 0.813. The molecule has 0 heterocycles. The Morgan fingerprint density at radius 1 is 1.15 bits per heavy atom. The molecule has 0 amide bonds. The van der Waals surface area contributed by atoms with Crippen molar-refractivity contribution in [3.8, 4) is 0 Å². The van der Waals surface area contributed by atoms with Crippen molar-refractivity contribution in [3.63, 3.8) is 0 Å². The molecule has 0 aliphatic carbocycles. The van der Waals surface area contributed by atoms with Crippen LogP contribution in [0.5, 0.6) is 0 Å². The Kier molecular flexibility index (Phi) is 17.0. The van der Waals surface area contributed by atoms with Crippen LogP contribution in [0.25, 0.3) is 0 Å². The maximum Gasteiger partial charge on any atom is 0.0618 e. The van der Waals surface area contributed by atoms with Gasteiger partial charge in [0.2, 0.25) is 0 Å². The van der Waals surface area contributed by atoms with Gasteiger partial charge in [-0.3, -0.25) is 5.84 Å². The molecule has 0 bridgehead atoms. The van der Waals surface area contributed by atoms with Crippen LogP contribution in [0.15, 0.2) is 0 Å². The van der Waals surface area contributed by atoms with Crippen LogP contribution in [0.1, 0.15) is 47.0 Å². The highest BCUT2D eigenvalue weighted by Gasteiger charge is 1.94. The molecule has 0 aliphatic rings. The molecule has 0 spiro atoms. The Labute approximate surface area is 83.6 Å². The van der Waals surface area contributed by atoms with Gasteiger partial charge in [0.15, 0.2) is 0 Å². The number of nitrogens with zero attached hydrogens (tertiary/aromatic N) is 1. The van der Waals surface area contributed by atoms with Crippen molar-refractivity contribution in [2.75, 3.05) is 19.8 Å². The number of hydrogen-bond donors (Lipinski definition) is 2. The van der Waals surface area contributed by atoms with E-state index in [2.05, 4.69) is 19.2 Å². The summed E-state index contributed by atoms with van der Waals surface area (Å²) < 4.78 is 0. The minimum Gasteiger partial charge on any atom is -0.303 e. The third-order valence-electron chi connectivity index (χ3n) is 1.54. The average Bonchev–Trinajstić information content (AvgIpc) is 2.18. The summed E-state index contributed by atoms with van der Waals surface area (Å²) in [4.78, 5) is 0. The van der Waals surface area contributed by atoms with E-state index in [9.17, 15) is 0 Å². The fourth-order valence-electron chi connectivity index (χ4n) is 0.840. The van der Waals surface area contributed by atoms with Gasteiger partial charge in [-0.2, -0.15) is 0 Å². The lowest BCUT2D eigenvalue weighted by Crippen LogP contribution is -2.40. The first kappa shape index (κ1) is 15.4. The predicted molar refractivity (Wildman–Crippen MR) is 60.3 cm³/mol. The van der Waals surface area contributed by atoms with Crippen molar-refractivity contribution in [1.29, 1.82) is 0 Å². The normalized spacial score (nSPS) is 9.69. The highest BCUT2D eigenvalue weighted by atomic mass is 15.4. The Morgan fingerprint density at radius 3 is 2.23 bits per heavy atom. The van der Waals surface area contributed by atoms with Crippen molar-refractivity contribution < 1.29 is 0 Å². The van der Waals surface area contributed by atoms with Crippen LogP contribution in [-0.4, -0.2) is 24.8 Å². The van der Waals surface area contributed by atoms with Crippen LogP contribution in [0, 0.1) is 0 Å². The standard InChI is InChI=1S/C8H21N3.C2H6/c1-3-5-7-11(9)8-10-6-4-2;1-2/h10H,3-9H2,1-2H3;1-2H3. The summed E-state index contributed by atoms with van der Waals surface area (Å²) in [7, 11) is 0. The average molecular weight is 189 g/mol. The number of hydrogen-bond acceptors (Lipinski definition) is 3. The Bertz CT molecular complexity index is 76.6. The predicted octanol–water partition coefficient (Wildman–Crippen LogP) is 1.95. The number of rotatable bonds is 7. The summed E-state index contributed by atoms with van der Waals surface area (Å²) in [6.45, 7) is 11.2. The van der Waals surface area contributed by atoms with E-state index in [0.717, 1.165) is 19.8 Å². The second-order valence-electron chi connectivity index (χ2n) is 2.82. The maximum atomic E-state index is 5.67. The zero-order valence-electron chi connectivity index (χ0n) is 9.77. The lowest BCUT2D eigenvalue weighted by molar-refractivity contribution is 0.257. The SMILES string of the molecule is CC.CCCCN(N)CNCCC. The minimum absolute atomic E-state index is 0.813. The quantitative estimate of drug-likeness (QED) is 0.278. The van der Waals surface area contributed by atoms with E-state index in [-0.39, 0.29) is 0 Å². The van der Waals surface area contributed by atoms with Gasteiger partial charge in [-0.25, -0.2) is 5.01 Å². The van der Waals surface area contributed by atoms with Crippen molar-refractivity contribution in [2.45, 2.75) is 47.0 Å². The molecule has 0 aromatic carbocycles. The fourth-order valence-corrected chi connectivity index (χ4v) is 0.840. The molecule has 0 saturated carbocycles. The van der Waals surface area contributed by atoms with Crippen LogP contribution in [0.2, 0.25) is 0 Å². The molecule has 0 unspecified atom stereocenters. The lowest BCUT2D eigenvalue weighted by Gasteiger charge is -2.15. The van der Waals surface area contributed by atoms with Gasteiger partial charge in [-0.1, -0.05) is 34.1 Å². The van der Waals surface area contributed by atoms with Gasteiger partial charge < -0.3 is 5.32 Å². The third kappa shape index (κ3) is 14.7. The van der Waals surface area contributed by atoms with Crippen LogP contribution in [0.3, 0.4) is 0 Å². The summed E-state index contributed by atoms with van der Waals surface area (Å²) in [5.74, 6) is 5.67. The summed E-state index contributed by atoms with van der Waals surface area (Å²) in [5.41, 5.74) is 0. The van der Waals surface area contributed by atoms with Gasteiger partial charge in [0, 0.05) is 6.54 Å². The highest BCUT2D eigenvalue weighted by Crippen LogP contribution is 1.87. The van der Waals surface area contributed by atoms with Gasteiger partial charge in [0.05, 0.1) is 6.67 Å². The molecule has 82 valence electrons. The molecule has 0 atom stereocenters. The molecule has 0 aliphatic heterocycles. The number of nitrogens with one attached hydrogen (secondary N) is 1. The van der Waals surface area contributed by atoms with E-state index in [1.54, 1.807) is 0 Å². The van der Waals surface area contributed by atoms with Gasteiger partial charge in [0.25, 0.3) is 0 Å². The van der Waals surface area contributed by atoms with E-state index < -0.39 is 0 Å². The van der Waals surface area contributed by atoms with Crippen LogP contribution >= 0.6 is 0 Å². The van der Waals surface area contributed by atoms with E-state index >= 15 is 0 Å². The van der Waals surface area contributed by atoms with E-state index in [1.807, 2.05) is 18.9 Å². The first-order valence-electron chi connectivity index (χ1n) is 5.51. The summed E-state index contributed by atoms with van der Waals surface area (Å²) in [5, 5.41) is 5.08.